The lowest BCUT2D eigenvalue weighted by Crippen LogP contribution is -2.42. The van der Waals surface area contributed by atoms with Gasteiger partial charge in [-0.25, -0.2) is 0 Å². The van der Waals surface area contributed by atoms with Crippen LogP contribution < -0.4 is 14.4 Å². The van der Waals surface area contributed by atoms with Gasteiger partial charge in [-0.3, -0.25) is 9.48 Å². The number of benzene rings is 1. The van der Waals surface area contributed by atoms with Crippen molar-refractivity contribution in [1.29, 1.82) is 0 Å². The summed E-state index contributed by atoms with van der Waals surface area (Å²) in [6.45, 7) is 8.62. The number of ether oxygens (including phenoxy) is 2. The lowest BCUT2D eigenvalue weighted by molar-refractivity contribution is 0.0959. The van der Waals surface area contributed by atoms with E-state index in [2.05, 4.69) is 25.9 Å². The molecule has 1 aliphatic heterocycles. The fraction of sp³-hybridized carbons (Fsp3) is 0.474. The van der Waals surface area contributed by atoms with E-state index >= 15 is 0 Å². The van der Waals surface area contributed by atoms with Crippen LogP contribution in [0.3, 0.4) is 0 Å². The maximum Gasteiger partial charge on any atom is 0.262 e. The smallest absolute Gasteiger partial charge is 0.262 e. The van der Waals surface area contributed by atoms with Gasteiger partial charge in [0.15, 0.2) is 0 Å². The van der Waals surface area contributed by atoms with Gasteiger partial charge in [-0.1, -0.05) is 20.8 Å². The predicted molar refractivity (Wildman–Crippen MR) is 96.7 cm³/mol. The first-order valence-corrected chi connectivity index (χ1v) is 8.41. The van der Waals surface area contributed by atoms with Crippen molar-refractivity contribution in [1.82, 2.24) is 9.78 Å². The van der Waals surface area contributed by atoms with Crippen molar-refractivity contribution in [2.75, 3.05) is 18.6 Å². The number of nitrogens with zero attached hydrogens (tertiary/aromatic N) is 3. The number of carbonyl (C=O) groups excluding carboxylic acids is 1. The number of aryl methyl sites for hydroxylation is 1. The molecule has 3 rings (SSSR count). The number of carbonyl (C=O) groups is 1. The summed E-state index contributed by atoms with van der Waals surface area (Å²) < 4.78 is 12.9. The second kappa shape index (κ2) is 6.10. The molecule has 25 heavy (non-hydrogen) atoms. The molecule has 2 heterocycles. The van der Waals surface area contributed by atoms with Crippen LogP contribution in [0.15, 0.2) is 24.4 Å². The fourth-order valence-electron chi connectivity index (χ4n) is 3.08. The third kappa shape index (κ3) is 3.21. The Hall–Kier alpha value is -2.50. The first-order valence-electron chi connectivity index (χ1n) is 8.41. The van der Waals surface area contributed by atoms with Crippen molar-refractivity contribution in [3.8, 4) is 11.5 Å². The summed E-state index contributed by atoms with van der Waals surface area (Å²) in [6.07, 6.45) is 1.71. The summed E-state index contributed by atoms with van der Waals surface area (Å²) in [4.78, 5) is 15.1. The highest BCUT2D eigenvalue weighted by molar-refractivity contribution is 6.08. The van der Waals surface area contributed by atoms with E-state index in [-0.39, 0.29) is 17.4 Å². The second-order valence-electron chi connectivity index (χ2n) is 7.49. The van der Waals surface area contributed by atoms with Crippen molar-refractivity contribution in [2.45, 2.75) is 39.2 Å². The zero-order chi connectivity index (χ0) is 18.4. The first kappa shape index (κ1) is 17.3. The normalized spacial score (nSPS) is 17.0. The van der Waals surface area contributed by atoms with E-state index in [1.54, 1.807) is 22.9 Å². The van der Waals surface area contributed by atoms with E-state index in [0.717, 1.165) is 11.4 Å². The number of hydrogen-bond donors (Lipinski definition) is 0. The summed E-state index contributed by atoms with van der Waals surface area (Å²) in [7, 11) is 3.45. The van der Waals surface area contributed by atoms with E-state index in [1.807, 2.05) is 32.2 Å². The molecule has 0 spiro atoms. The van der Waals surface area contributed by atoms with Gasteiger partial charge < -0.3 is 14.4 Å². The number of methoxy groups -OCH3 is 1. The molecule has 1 amide bonds. The molecule has 1 aliphatic rings. The molecule has 6 nitrogen and oxygen atoms in total. The summed E-state index contributed by atoms with van der Waals surface area (Å²) >= 11 is 0. The lowest BCUT2D eigenvalue weighted by Gasteiger charge is -2.34. The van der Waals surface area contributed by atoms with Crippen LogP contribution in [0.25, 0.3) is 0 Å². The molecule has 1 aromatic heterocycles. The molecule has 1 atom stereocenters. The number of hydrogen-bond acceptors (Lipinski definition) is 4. The molecule has 0 radical (unpaired) electrons. The second-order valence-corrected chi connectivity index (χ2v) is 7.49. The molecule has 0 bridgehead atoms. The van der Waals surface area contributed by atoms with Crippen molar-refractivity contribution in [3.05, 3.63) is 35.7 Å². The number of aromatic nitrogens is 2. The van der Waals surface area contributed by atoms with Gasteiger partial charge in [-0.05, 0) is 19.1 Å². The molecule has 134 valence electrons. The van der Waals surface area contributed by atoms with Crippen LogP contribution in [0.2, 0.25) is 0 Å². The number of anilines is 1. The van der Waals surface area contributed by atoms with Gasteiger partial charge in [0.1, 0.15) is 17.6 Å². The quantitative estimate of drug-likeness (QED) is 0.840. The largest absolute Gasteiger partial charge is 0.497 e. The van der Waals surface area contributed by atoms with E-state index in [4.69, 9.17) is 9.47 Å². The molecule has 6 heteroatoms. The lowest BCUT2D eigenvalue weighted by atomic mass is 9.89. The number of fused-ring (bicyclic) bond motifs is 1. The van der Waals surface area contributed by atoms with Crippen LogP contribution in [-0.2, 0) is 12.5 Å². The standard InChI is InChI=1S/C19H25N3O3/c1-12-10-22(15-9-13(24-6)7-8-16(15)25-12)18(23)14-11-21(5)20-17(14)19(2,3)4/h7-9,11-12H,10H2,1-6H3. The average molecular weight is 343 g/mol. The molecule has 1 aromatic carbocycles. The summed E-state index contributed by atoms with van der Waals surface area (Å²) in [5.74, 6) is 1.31. The van der Waals surface area contributed by atoms with Crippen LogP contribution in [0.1, 0.15) is 43.7 Å². The minimum atomic E-state index is -0.221. The minimum Gasteiger partial charge on any atom is -0.497 e. The van der Waals surface area contributed by atoms with Gasteiger partial charge in [0.05, 0.1) is 30.6 Å². The Morgan fingerprint density at radius 1 is 1.36 bits per heavy atom. The van der Waals surface area contributed by atoms with Crippen LogP contribution in [0.5, 0.6) is 11.5 Å². The minimum absolute atomic E-state index is 0.0670. The van der Waals surface area contributed by atoms with E-state index in [1.165, 1.54) is 0 Å². The highest BCUT2D eigenvalue weighted by atomic mass is 16.5. The van der Waals surface area contributed by atoms with Gasteiger partial charge in [0.2, 0.25) is 0 Å². The maximum atomic E-state index is 13.4. The monoisotopic (exact) mass is 343 g/mol. The first-order chi connectivity index (χ1) is 11.7. The van der Waals surface area contributed by atoms with E-state index in [9.17, 15) is 4.79 Å². The SMILES string of the molecule is COc1ccc2c(c1)N(C(=O)c1cn(C)nc1C(C)(C)C)CC(C)O2. The Kier molecular flexibility index (Phi) is 4.22. The molecular weight excluding hydrogens is 318 g/mol. The van der Waals surface area contributed by atoms with Gasteiger partial charge in [0.25, 0.3) is 5.91 Å². The van der Waals surface area contributed by atoms with Crippen LogP contribution in [0, 0.1) is 0 Å². The van der Waals surface area contributed by atoms with Crippen molar-refractivity contribution < 1.29 is 14.3 Å². The van der Waals surface area contributed by atoms with Gasteiger partial charge >= 0.3 is 0 Å². The van der Waals surface area contributed by atoms with Gasteiger partial charge in [0, 0.05) is 24.7 Å². The van der Waals surface area contributed by atoms with Crippen molar-refractivity contribution in [2.24, 2.45) is 7.05 Å². The molecule has 0 saturated carbocycles. The molecule has 2 aromatic rings. The summed E-state index contributed by atoms with van der Waals surface area (Å²) in [5.41, 5.74) is 1.93. The van der Waals surface area contributed by atoms with Crippen LogP contribution >= 0.6 is 0 Å². The molecular formula is C19H25N3O3. The highest BCUT2D eigenvalue weighted by Crippen LogP contribution is 2.38. The topological polar surface area (TPSA) is 56.6 Å². The Balaban J connectivity index is 2.07. The third-order valence-electron chi connectivity index (χ3n) is 4.24. The van der Waals surface area contributed by atoms with Crippen LogP contribution in [0.4, 0.5) is 5.69 Å². The summed E-state index contributed by atoms with van der Waals surface area (Å²) in [5, 5.41) is 4.52. The number of rotatable bonds is 2. The third-order valence-corrected chi connectivity index (χ3v) is 4.24. The maximum absolute atomic E-state index is 13.4. The highest BCUT2D eigenvalue weighted by Gasteiger charge is 2.33. The van der Waals surface area contributed by atoms with Crippen LogP contribution in [-0.4, -0.2) is 35.4 Å². The van der Waals surface area contributed by atoms with Gasteiger partial charge in [-0.2, -0.15) is 5.10 Å². The Morgan fingerprint density at radius 2 is 2.08 bits per heavy atom. The van der Waals surface area contributed by atoms with Crippen molar-refractivity contribution >= 4 is 11.6 Å². The molecule has 0 N–H and O–H groups in total. The zero-order valence-corrected chi connectivity index (χ0v) is 15.7. The fourth-order valence-corrected chi connectivity index (χ4v) is 3.08. The Labute approximate surface area is 148 Å². The molecule has 1 unspecified atom stereocenters. The number of amides is 1. The predicted octanol–water partition coefficient (Wildman–Crippen LogP) is 3.15. The molecule has 0 saturated heterocycles. The van der Waals surface area contributed by atoms with Crippen molar-refractivity contribution in [3.63, 3.8) is 0 Å². The zero-order valence-electron chi connectivity index (χ0n) is 15.7. The van der Waals surface area contributed by atoms with E-state index < -0.39 is 0 Å². The molecule has 0 aliphatic carbocycles. The summed E-state index contributed by atoms with van der Waals surface area (Å²) in [6, 6.07) is 5.52. The van der Waals surface area contributed by atoms with E-state index in [0.29, 0.717) is 23.6 Å². The Bertz CT molecular complexity index is 805. The average Bonchev–Trinajstić information content (AvgIpc) is 2.95. The molecule has 0 fully saturated rings. The Morgan fingerprint density at radius 3 is 2.72 bits per heavy atom. The van der Waals surface area contributed by atoms with Gasteiger partial charge in [-0.15, -0.1) is 0 Å².